The van der Waals surface area contributed by atoms with Gasteiger partial charge in [-0.15, -0.1) is 0 Å². The fourth-order valence-corrected chi connectivity index (χ4v) is 2.18. The lowest BCUT2D eigenvalue weighted by molar-refractivity contribution is -0.137. The summed E-state index contributed by atoms with van der Waals surface area (Å²) in [7, 11) is 0. The Morgan fingerprint density at radius 2 is 1.68 bits per heavy atom. The second kappa shape index (κ2) is 7.48. The standard InChI is InChI=1S/C14H27N3O2/c1-5-12(4)14(19)17-8-6-16(7-9-17)10-13(18)15-11(2)3/h11-12H,5-10H2,1-4H3,(H,15,18). The van der Waals surface area contributed by atoms with Gasteiger partial charge in [0.05, 0.1) is 6.54 Å². The van der Waals surface area contributed by atoms with Gasteiger partial charge in [0, 0.05) is 38.1 Å². The van der Waals surface area contributed by atoms with Gasteiger partial charge in [-0.25, -0.2) is 0 Å². The summed E-state index contributed by atoms with van der Waals surface area (Å²) in [6.45, 7) is 11.4. The smallest absolute Gasteiger partial charge is 0.234 e. The van der Waals surface area contributed by atoms with Gasteiger partial charge < -0.3 is 10.2 Å². The van der Waals surface area contributed by atoms with E-state index < -0.39 is 0 Å². The molecule has 1 heterocycles. The third-order valence-electron chi connectivity index (χ3n) is 3.53. The normalized spacial score (nSPS) is 18.5. The molecule has 5 nitrogen and oxygen atoms in total. The van der Waals surface area contributed by atoms with Crippen LogP contribution < -0.4 is 5.32 Å². The van der Waals surface area contributed by atoms with E-state index in [4.69, 9.17) is 0 Å². The molecule has 1 atom stereocenters. The highest BCUT2D eigenvalue weighted by Gasteiger charge is 2.24. The Labute approximate surface area is 116 Å². The van der Waals surface area contributed by atoms with Gasteiger partial charge in [0.15, 0.2) is 0 Å². The molecule has 0 aromatic heterocycles. The number of amides is 2. The minimum absolute atomic E-state index is 0.0664. The fourth-order valence-electron chi connectivity index (χ4n) is 2.18. The molecule has 0 aliphatic carbocycles. The Bertz CT molecular complexity index is 310. The maximum atomic E-state index is 12.0. The summed E-state index contributed by atoms with van der Waals surface area (Å²) in [6.07, 6.45) is 0.885. The van der Waals surface area contributed by atoms with Gasteiger partial charge in [-0.1, -0.05) is 13.8 Å². The maximum absolute atomic E-state index is 12.0. The molecule has 1 unspecified atom stereocenters. The number of nitrogens with one attached hydrogen (secondary N) is 1. The summed E-state index contributed by atoms with van der Waals surface area (Å²) in [6, 6.07) is 0.181. The van der Waals surface area contributed by atoms with Crippen LogP contribution in [0.15, 0.2) is 0 Å². The molecule has 0 aromatic carbocycles. The number of piperazine rings is 1. The monoisotopic (exact) mass is 269 g/mol. The van der Waals surface area contributed by atoms with E-state index >= 15 is 0 Å². The lowest BCUT2D eigenvalue weighted by Crippen LogP contribution is -2.52. The molecule has 1 N–H and O–H groups in total. The zero-order valence-corrected chi connectivity index (χ0v) is 12.6. The number of carbonyl (C=O) groups excluding carboxylic acids is 2. The molecule has 5 heteroatoms. The minimum atomic E-state index is 0.0664. The largest absolute Gasteiger partial charge is 0.353 e. The lowest BCUT2D eigenvalue weighted by Gasteiger charge is -2.35. The Hall–Kier alpha value is -1.10. The molecular formula is C14H27N3O2. The highest BCUT2D eigenvalue weighted by Crippen LogP contribution is 2.09. The van der Waals surface area contributed by atoms with E-state index in [-0.39, 0.29) is 23.8 Å². The van der Waals surface area contributed by atoms with Crippen LogP contribution in [0, 0.1) is 5.92 Å². The summed E-state index contributed by atoms with van der Waals surface area (Å²) < 4.78 is 0. The molecule has 0 spiro atoms. The Kier molecular flexibility index (Phi) is 6.28. The summed E-state index contributed by atoms with van der Waals surface area (Å²) in [4.78, 5) is 27.7. The van der Waals surface area contributed by atoms with Gasteiger partial charge in [0.2, 0.25) is 11.8 Å². The summed E-state index contributed by atoms with van der Waals surface area (Å²) in [5.41, 5.74) is 0. The first-order valence-corrected chi connectivity index (χ1v) is 7.24. The molecular weight excluding hydrogens is 242 g/mol. The van der Waals surface area contributed by atoms with Crippen molar-refractivity contribution in [1.29, 1.82) is 0 Å². The number of rotatable bonds is 5. The van der Waals surface area contributed by atoms with Crippen LogP contribution in [0.4, 0.5) is 0 Å². The van der Waals surface area contributed by atoms with E-state index in [2.05, 4.69) is 10.2 Å². The molecule has 0 bridgehead atoms. The summed E-state index contributed by atoms with van der Waals surface area (Å²) >= 11 is 0. The molecule has 2 amide bonds. The van der Waals surface area contributed by atoms with Gasteiger partial charge in [-0.2, -0.15) is 0 Å². The molecule has 1 aliphatic rings. The van der Waals surface area contributed by atoms with E-state index in [1.807, 2.05) is 32.6 Å². The van der Waals surface area contributed by atoms with Crippen LogP contribution >= 0.6 is 0 Å². The van der Waals surface area contributed by atoms with Crippen LogP contribution in [0.1, 0.15) is 34.1 Å². The van der Waals surface area contributed by atoms with Crippen LogP contribution in [0.25, 0.3) is 0 Å². The van der Waals surface area contributed by atoms with Crippen molar-refractivity contribution in [2.45, 2.75) is 40.2 Å². The second-order valence-electron chi connectivity index (χ2n) is 5.63. The third kappa shape index (κ3) is 5.19. The Morgan fingerprint density at radius 1 is 1.11 bits per heavy atom. The second-order valence-corrected chi connectivity index (χ2v) is 5.63. The van der Waals surface area contributed by atoms with Crippen molar-refractivity contribution in [2.75, 3.05) is 32.7 Å². The first kappa shape index (κ1) is 16.0. The van der Waals surface area contributed by atoms with Gasteiger partial charge in [-0.3, -0.25) is 14.5 Å². The van der Waals surface area contributed by atoms with Crippen LogP contribution in [0.5, 0.6) is 0 Å². The number of carbonyl (C=O) groups is 2. The highest BCUT2D eigenvalue weighted by atomic mass is 16.2. The predicted octanol–water partition coefficient (Wildman–Crippen LogP) is 0.701. The first-order valence-electron chi connectivity index (χ1n) is 7.24. The number of hydrogen-bond acceptors (Lipinski definition) is 3. The first-order chi connectivity index (χ1) is 8.93. The van der Waals surface area contributed by atoms with E-state index in [0.717, 1.165) is 32.6 Å². The topological polar surface area (TPSA) is 52.7 Å². The number of nitrogens with zero attached hydrogens (tertiary/aromatic N) is 2. The van der Waals surface area contributed by atoms with Crippen LogP contribution in [0.3, 0.4) is 0 Å². The van der Waals surface area contributed by atoms with Crippen LogP contribution in [-0.2, 0) is 9.59 Å². The SMILES string of the molecule is CCC(C)C(=O)N1CCN(CC(=O)NC(C)C)CC1. The average molecular weight is 269 g/mol. The van der Waals surface area contributed by atoms with Gasteiger partial charge >= 0.3 is 0 Å². The van der Waals surface area contributed by atoms with Crippen molar-refractivity contribution in [1.82, 2.24) is 15.1 Å². The zero-order chi connectivity index (χ0) is 14.4. The quantitative estimate of drug-likeness (QED) is 0.799. The van der Waals surface area contributed by atoms with Crippen molar-refractivity contribution < 1.29 is 9.59 Å². The highest BCUT2D eigenvalue weighted by molar-refractivity contribution is 5.79. The summed E-state index contributed by atoms with van der Waals surface area (Å²) in [5.74, 6) is 0.418. The average Bonchev–Trinajstić information content (AvgIpc) is 2.36. The van der Waals surface area contributed by atoms with Crippen LogP contribution in [-0.4, -0.2) is 60.4 Å². The number of hydrogen-bond donors (Lipinski definition) is 1. The van der Waals surface area contributed by atoms with E-state index in [1.54, 1.807) is 0 Å². The van der Waals surface area contributed by atoms with Crippen molar-refractivity contribution in [2.24, 2.45) is 5.92 Å². The molecule has 1 fully saturated rings. The molecule has 0 saturated carbocycles. The molecule has 1 rings (SSSR count). The summed E-state index contributed by atoms with van der Waals surface area (Å²) in [5, 5.41) is 2.89. The van der Waals surface area contributed by atoms with Gasteiger partial charge in [-0.05, 0) is 20.3 Å². The molecule has 19 heavy (non-hydrogen) atoms. The van der Waals surface area contributed by atoms with E-state index in [1.165, 1.54) is 0 Å². The zero-order valence-electron chi connectivity index (χ0n) is 12.6. The molecule has 110 valence electrons. The third-order valence-corrected chi connectivity index (χ3v) is 3.53. The van der Waals surface area contributed by atoms with Gasteiger partial charge in [0.1, 0.15) is 0 Å². The molecule has 1 saturated heterocycles. The van der Waals surface area contributed by atoms with E-state index in [9.17, 15) is 9.59 Å². The minimum Gasteiger partial charge on any atom is -0.353 e. The van der Waals surface area contributed by atoms with Crippen molar-refractivity contribution >= 4 is 11.8 Å². The van der Waals surface area contributed by atoms with E-state index in [0.29, 0.717) is 6.54 Å². The van der Waals surface area contributed by atoms with Gasteiger partial charge in [0.25, 0.3) is 0 Å². The predicted molar refractivity (Wildman–Crippen MR) is 75.8 cm³/mol. The molecule has 1 aliphatic heterocycles. The molecule has 0 radical (unpaired) electrons. The van der Waals surface area contributed by atoms with Crippen LogP contribution in [0.2, 0.25) is 0 Å². The fraction of sp³-hybridized carbons (Fsp3) is 0.857. The van der Waals surface area contributed by atoms with Crippen molar-refractivity contribution in [3.8, 4) is 0 Å². The lowest BCUT2D eigenvalue weighted by atomic mass is 10.1. The maximum Gasteiger partial charge on any atom is 0.234 e. The Morgan fingerprint density at radius 3 is 2.16 bits per heavy atom. The van der Waals surface area contributed by atoms with Crippen molar-refractivity contribution in [3.05, 3.63) is 0 Å². The van der Waals surface area contributed by atoms with Crippen molar-refractivity contribution in [3.63, 3.8) is 0 Å². The Balaban J connectivity index is 2.33. The molecule has 0 aromatic rings.